The van der Waals surface area contributed by atoms with E-state index in [9.17, 15) is 0 Å². The molecule has 0 nitrogen and oxygen atoms in total. The third-order valence-electron chi connectivity index (χ3n) is 0. The first-order chi connectivity index (χ1) is 0. The van der Waals surface area contributed by atoms with Gasteiger partial charge < -0.3 is 0 Å². The van der Waals surface area contributed by atoms with Crippen molar-refractivity contribution >= 4 is 27.0 Å². The summed E-state index contributed by atoms with van der Waals surface area (Å²) >= 11 is 0. The monoisotopic (exact) mass is 311 g/mol. The minimum absolute atomic E-state index is 0. The molecule has 0 saturated heterocycles. The van der Waals surface area contributed by atoms with Crippen LogP contribution in [0.5, 0.6) is 0 Å². The fraction of sp³-hybridized carbons (Fsp3) is 0. The molecular formula is H4CoS2W. The van der Waals surface area contributed by atoms with Gasteiger partial charge in [-0.1, -0.05) is 0 Å². The van der Waals surface area contributed by atoms with Crippen LogP contribution in [0.1, 0.15) is 0 Å². The molecule has 0 bridgehead atoms. The molecule has 4 heavy (non-hydrogen) atoms. The van der Waals surface area contributed by atoms with Crippen LogP contribution in [-0.4, -0.2) is 0 Å². The van der Waals surface area contributed by atoms with E-state index in [0.29, 0.717) is 0 Å². The summed E-state index contributed by atoms with van der Waals surface area (Å²) < 4.78 is 0. The molecule has 0 aromatic heterocycles. The molecule has 31 valence electrons. The average Bonchev–Trinajstić information content (AvgIpc) is 0. The van der Waals surface area contributed by atoms with Gasteiger partial charge in [0.1, 0.15) is 0 Å². The zero-order chi connectivity index (χ0) is 0. The summed E-state index contributed by atoms with van der Waals surface area (Å²) in [4.78, 5) is 0. The largest absolute Gasteiger partial charge is 0.197 e. The van der Waals surface area contributed by atoms with Crippen LogP contribution < -0.4 is 0 Å². The second kappa shape index (κ2) is 20.7. The van der Waals surface area contributed by atoms with Crippen LogP contribution in [0.15, 0.2) is 0 Å². The Morgan fingerprint density at radius 2 is 0.750 bits per heavy atom. The van der Waals surface area contributed by atoms with E-state index in [-0.39, 0.29) is 64.8 Å². The Kier molecular flexibility index (Phi) is 203. The first-order valence-corrected chi connectivity index (χ1v) is 0. The zero-order valence-corrected chi connectivity index (χ0v) is 7.72. The van der Waals surface area contributed by atoms with Crippen molar-refractivity contribution in [1.82, 2.24) is 0 Å². The van der Waals surface area contributed by atoms with Crippen molar-refractivity contribution in [2.75, 3.05) is 0 Å². The summed E-state index contributed by atoms with van der Waals surface area (Å²) in [6.45, 7) is 0. The Morgan fingerprint density at radius 1 is 0.750 bits per heavy atom. The second-order valence-electron chi connectivity index (χ2n) is 0. The van der Waals surface area contributed by atoms with Crippen LogP contribution in [0, 0.1) is 0 Å². The topological polar surface area (TPSA) is 0 Å². The molecule has 0 saturated carbocycles. The molecule has 0 amide bonds. The van der Waals surface area contributed by atoms with Crippen LogP contribution in [0.3, 0.4) is 0 Å². The summed E-state index contributed by atoms with van der Waals surface area (Å²) in [6, 6.07) is 0. The van der Waals surface area contributed by atoms with E-state index in [0.717, 1.165) is 0 Å². The van der Waals surface area contributed by atoms with Crippen molar-refractivity contribution in [3.8, 4) is 0 Å². The quantitative estimate of drug-likeness (QED) is 0.600. The maximum absolute atomic E-state index is 0. The molecule has 0 spiro atoms. The van der Waals surface area contributed by atoms with Crippen LogP contribution in [0.25, 0.3) is 0 Å². The zero-order valence-electron chi connectivity index (χ0n) is 1.74. The molecule has 0 aliphatic rings. The molecule has 0 fully saturated rings. The second-order valence-corrected chi connectivity index (χ2v) is 0. The van der Waals surface area contributed by atoms with E-state index in [4.69, 9.17) is 0 Å². The molecule has 0 aromatic carbocycles. The Morgan fingerprint density at radius 3 is 0.750 bits per heavy atom. The smallest absolute Gasteiger partial charge is 0 e. The number of hydrogen-bond donors (Lipinski definition) is 0. The van der Waals surface area contributed by atoms with Crippen molar-refractivity contribution in [3.05, 3.63) is 0 Å². The molecule has 0 aliphatic carbocycles. The minimum Gasteiger partial charge on any atom is -0.197 e. The van der Waals surface area contributed by atoms with Gasteiger partial charge in [-0.2, -0.15) is 27.0 Å². The van der Waals surface area contributed by atoms with E-state index in [1.807, 2.05) is 0 Å². The Bertz CT molecular complexity index is 6.00. The fourth-order valence-electron chi connectivity index (χ4n) is 0. The van der Waals surface area contributed by atoms with Gasteiger partial charge in [0, 0.05) is 37.8 Å². The van der Waals surface area contributed by atoms with Gasteiger partial charge in [0.2, 0.25) is 0 Å². The van der Waals surface area contributed by atoms with Gasteiger partial charge in [-0.3, -0.25) is 0 Å². The van der Waals surface area contributed by atoms with Crippen LogP contribution in [0.4, 0.5) is 0 Å². The molecule has 0 aliphatic heterocycles. The fourth-order valence-corrected chi connectivity index (χ4v) is 0. The van der Waals surface area contributed by atoms with Crippen molar-refractivity contribution in [3.63, 3.8) is 0 Å². The van der Waals surface area contributed by atoms with E-state index in [2.05, 4.69) is 0 Å². The first-order valence-electron chi connectivity index (χ1n) is 0. The maximum Gasteiger partial charge on any atom is 0 e. The molecule has 0 aromatic rings. The van der Waals surface area contributed by atoms with Crippen molar-refractivity contribution < 1.29 is 37.8 Å². The van der Waals surface area contributed by atoms with Crippen molar-refractivity contribution in [2.24, 2.45) is 0 Å². The maximum atomic E-state index is 0. The van der Waals surface area contributed by atoms with Crippen LogP contribution >= 0.6 is 27.0 Å². The molecule has 4 heteroatoms. The molecule has 0 heterocycles. The van der Waals surface area contributed by atoms with E-state index in [1.54, 1.807) is 0 Å². The SMILES string of the molecule is S.S.[Co].[W]. The van der Waals surface area contributed by atoms with E-state index in [1.165, 1.54) is 0 Å². The van der Waals surface area contributed by atoms with Gasteiger partial charge in [-0.05, 0) is 0 Å². The Balaban J connectivity index is 0. The predicted molar refractivity (Wildman–Crippen MR) is 20.8 cm³/mol. The molecule has 0 rings (SSSR count). The van der Waals surface area contributed by atoms with Gasteiger partial charge in [0.15, 0.2) is 0 Å². The van der Waals surface area contributed by atoms with Crippen molar-refractivity contribution in [2.45, 2.75) is 0 Å². The molecule has 0 atom stereocenters. The third-order valence-corrected chi connectivity index (χ3v) is 0. The molecule has 0 N–H and O–H groups in total. The minimum atomic E-state index is 0. The molecule has 0 unspecified atom stereocenters. The van der Waals surface area contributed by atoms with Crippen molar-refractivity contribution in [1.29, 1.82) is 0 Å². The van der Waals surface area contributed by atoms with E-state index < -0.39 is 0 Å². The Labute approximate surface area is 64.5 Å². The first kappa shape index (κ1) is 39.3. The Hall–Kier alpha value is 1.89. The summed E-state index contributed by atoms with van der Waals surface area (Å²) in [6.07, 6.45) is 0. The van der Waals surface area contributed by atoms with E-state index >= 15 is 0 Å². The summed E-state index contributed by atoms with van der Waals surface area (Å²) in [5.74, 6) is 0. The third kappa shape index (κ3) is 9.09. The van der Waals surface area contributed by atoms with Gasteiger partial charge in [-0.25, -0.2) is 0 Å². The van der Waals surface area contributed by atoms with Crippen LogP contribution in [0.2, 0.25) is 0 Å². The van der Waals surface area contributed by atoms with Gasteiger partial charge in [-0.15, -0.1) is 0 Å². The molecular weight excluding hydrogens is 307 g/mol. The van der Waals surface area contributed by atoms with Gasteiger partial charge in [0.05, 0.1) is 0 Å². The van der Waals surface area contributed by atoms with Gasteiger partial charge >= 0.3 is 0 Å². The normalized spacial score (nSPS) is 0. The van der Waals surface area contributed by atoms with Gasteiger partial charge in [0.25, 0.3) is 0 Å². The number of hydrogen-bond acceptors (Lipinski definition) is 0. The summed E-state index contributed by atoms with van der Waals surface area (Å²) in [5, 5.41) is 0. The summed E-state index contributed by atoms with van der Waals surface area (Å²) in [7, 11) is 0. The number of rotatable bonds is 0. The predicted octanol–water partition coefficient (Wildman–Crippen LogP) is 0.221. The average molecular weight is 311 g/mol. The standard InChI is InChI=1S/Co.2H2S.W/h;2*1H2;. The molecule has 1 radical (unpaired) electrons. The summed E-state index contributed by atoms with van der Waals surface area (Å²) in [5.41, 5.74) is 0. The van der Waals surface area contributed by atoms with Crippen LogP contribution in [-0.2, 0) is 37.8 Å².